The van der Waals surface area contributed by atoms with Crippen molar-refractivity contribution >= 4 is 15.9 Å². The molecule has 2 unspecified atom stereocenters. The van der Waals surface area contributed by atoms with Crippen LogP contribution in [0.3, 0.4) is 0 Å². The minimum Gasteiger partial charge on any atom is -0.253 e. The minimum absolute atomic E-state index is 0.480. The maximum absolute atomic E-state index is 4.94. The van der Waals surface area contributed by atoms with Crippen LogP contribution in [-0.4, -0.2) is 4.98 Å². The summed E-state index contributed by atoms with van der Waals surface area (Å²) in [6.07, 6.45) is 2.52. The molecule has 3 aliphatic rings. The Morgan fingerprint density at radius 3 is 2.55 bits per heavy atom. The van der Waals surface area contributed by atoms with Gasteiger partial charge in [-0.1, -0.05) is 48.0 Å². The smallest absolute Gasteiger partial charge is 0.0705 e. The van der Waals surface area contributed by atoms with Crippen LogP contribution >= 0.6 is 15.9 Å². The van der Waals surface area contributed by atoms with Crippen molar-refractivity contribution in [2.45, 2.75) is 32.6 Å². The van der Waals surface area contributed by atoms with Gasteiger partial charge in [0, 0.05) is 15.7 Å². The molecule has 102 valence electrons. The molecule has 1 aromatic carbocycles. The summed E-state index contributed by atoms with van der Waals surface area (Å²) < 4.78 is 1.11. The summed E-state index contributed by atoms with van der Waals surface area (Å²) in [5.41, 5.74) is 5.63. The van der Waals surface area contributed by atoms with Crippen LogP contribution in [0.2, 0.25) is 0 Å². The van der Waals surface area contributed by atoms with E-state index in [1.807, 2.05) is 0 Å². The van der Waals surface area contributed by atoms with Crippen molar-refractivity contribution in [2.24, 2.45) is 11.3 Å². The fraction of sp³-hybridized carbons (Fsp3) is 0.389. The lowest BCUT2D eigenvalue weighted by molar-refractivity contribution is 0.0170. The third-order valence-electron chi connectivity index (χ3n) is 5.44. The molecule has 2 bridgehead atoms. The van der Waals surface area contributed by atoms with E-state index in [2.05, 4.69) is 66.2 Å². The van der Waals surface area contributed by atoms with Gasteiger partial charge in [0.15, 0.2) is 0 Å². The Kier molecular flexibility index (Phi) is 2.62. The third kappa shape index (κ3) is 1.70. The number of pyridine rings is 1. The van der Waals surface area contributed by atoms with Crippen molar-refractivity contribution in [3.05, 3.63) is 52.1 Å². The maximum atomic E-state index is 4.94. The molecule has 0 spiro atoms. The normalized spacial score (nSPS) is 25.8. The summed E-state index contributed by atoms with van der Waals surface area (Å²) in [7, 11) is 0. The second kappa shape index (κ2) is 4.17. The molecule has 0 amide bonds. The molecule has 0 radical (unpaired) electrons. The molecule has 1 aromatic heterocycles. The Hall–Kier alpha value is -1.15. The zero-order valence-electron chi connectivity index (χ0n) is 11.9. The van der Waals surface area contributed by atoms with Crippen molar-refractivity contribution in [1.82, 2.24) is 4.98 Å². The van der Waals surface area contributed by atoms with Gasteiger partial charge >= 0.3 is 0 Å². The number of rotatable bonds is 1. The topological polar surface area (TPSA) is 12.9 Å². The first-order valence-electron chi connectivity index (χ1n) is 7.31. The molecule has 2 aromatic rings. The standard InChI is InChI=1S/C18H18BrN/c1-18(2)12-9-15(18)14-7-8-16(20-17(14)10-12)11-3-5-13(19)6-4-11/h3-8,12,15H,9-10H2,1-2H3. The van der Waals surface area contributed by atoms with E-state index < -0.39 is 0 Å². The Morgan fingerprint density at radius 1 is 1.10 bits per heavy atom. The number of aromatic nitrogens is 1. The van der Waals surface area contributed by atoms with Gasteiger partial charge in [0.05, 0.1) is 5.69 Å². The number of nitrogens with zero attached hydrogens (tertiary/aromatic N) is 1. The van der Waals surface area contributed by atoms with Crippen LogP contribution in [0.25, 0.3) is 11.3 Å². The second-order valence-electron chi connectivity index (χ2n) is 6.75. The molecule has 1 saturated carbocycles. The van der Waals surface area contributed by atoms with E-state index in [0.29, 0.717) is 5.41 Å². The number of hydrogen-bond acceptors (Lipinski definition) is 1. The lowest BCUT2D eigenvalue weighted by atomic mass is 9.48. The molecular formula is C18H18BrN. The van der Waals surface area contributed by atoms with Crippen LogP contribution < -0.4 is 0 Å². The highest BCUT2D eigenvalue weighted by molar-refractivity contribution is 9.10. The molecule has 5 rings (SSSR count). The predicted molar refractivity (Wildman–Crippen MR) is 85.7 cm³/mol. The number of halogens is 1. The number of benzene rings is 1. The largest absolute Gasteiger partial charge is 0.253 e. The molecule has 0 aliphatic heterocycles. The van der Waals surface area contributed by atoms with E-state index in [1.54, 1.807) is 0 Å². The Labute approximate surface area is 128 Å². The highest BCUT2D eigenvalue weighted by Gasteiger charge is 2.52. The van der Waals surface area contributed by atoms with Crippen molar-refractivity contribution in [1.29, 1.82) is 0 Å². The van der Waals surface area contributed by atoms with E-state index in [1.165, 1.54) is 23.2 Å². The van der Waals surface area contributed by atoms with E-state index in [9.17, 15) is 0 Å². The molecule has 0 N–H and O–H groups in total. The van der Waals surface area contributed by atoms with Gasteiger partial charge in [0.2, 0.25) is 0 Å². The summed E-state index contributed by atoms with van der Waals surface area (Å²) in [5.74, 6) is 1.55. The van der Waals surface area contributed by atoms with E-state index in [-0.39, 0.29) is 0 Å². The van der Waals surface area contributed by atoms with Gasteiger partial charge in [0.1, 0.15) is 0 Å². The van der Waals surface area contributed by atoms with Gasteiger partial charge in [-0.15, -0.1) is 0 Å². The lowest BCUT2D eigenvalue weighted by Crippen LogP contribution is -2.48. The zero-order valence-corrected chi connectivity index (χ0v) is 13.4. The SMILES string of the molecule is CC1(C)C2Cc3nc(-c4ccc(Br)cc4)ccc3C1C2. The zero-order chi connectivity index (χ0) is 13.9. The monoisotopic (exact) mass is 327 g/mol. The first-order chi connectivity index (χ1) is 9.55. The Bertz CT molecular complexity index is 672. The summed E-state index contributed by atoms with van der Waals surface area (Å²) in [4.78, 5) is 4.94. The van der Waals surface area contributed by atoms with E-state index in [4.69, 9.17) is 4.98 Å². The van der Waals surface area contributed by atoms with Gasteiger partial charge in [-0.05, 0) is 53.9 Å². The van der Waals surface area contributed by atoms with Crippen molar-refractivity contribution < 1.29 is 0 Å². The Morgan fingerprint density at radius 2 is 1.85 bits per heavy atom. The van der Waals surface area contributed by atoms with Crippen LogP contribution in [-0.2, 0) is 6.42 Å². The van der Waals surface area contributed by atoms with Crippen LogP contribution in [0.15, 0.2) is 40.9 Å². The van der Waals surface area contributed by atoms with Crippen LogP contribution in [0.5, 0.6) is 0 Å². The fourth-order valence-corrected chi connectivity index (χ4v) is 4.16. The van der Waals surface area contributed by atoms with Gasteiger partial charge in [-0.2, -0.15) is 0 Å². The molecule has 2 atom stereocenters. The highest BCUT2D eigenvalue weighted by atomic mass is 79.9. The molecule has 1 heterocycles. The summed E-state index contributed by atoms with van der Waals surface area (Å²) >= 11 is 3.48. The lowest BCUT2D eigenvalue weighted by Gasteiger charge is -2.56. The third-order valence-corrected chi connectivity index (χ3v) is 5.96. The molecule has 20 heavy (non-hydrogen) atoms. The average molecular weight is 328 g/mol. The quantitative estimate of drug-likeness (QED) is 0.701. The van der Waals surface area contributed by atoms with Crippen molar-refractivity contribution in [2.75, 3.05) is 0 Å². The van der Waals surface area contributed by atoms with Crippen LogP contribution in [0.4, 0.5) is 0 Å². The van der Waals surface area contributed by atoms with Gasteiger partial charge in [-0.25, -0.2) is 0 Å². The highest BCUT2D eigenvalue weighted by Crippen LogP contribution is 2.61. The van der Waals surface area contributed by atoms with Gasteiger partial charge in [0.25, 0.3) is 0 Å². The second-order valence-corrected chi connectivity index (χ2v) is 7.67. The summed E-state index contributed by atoms with van der Waals surface area (Å²) in [6, 6.07) is 12.9. The molecule has 0 saturated heterocycles. The molecule has 2 heteroatoms. The van der Waals surface area contributed by atoms with Crippen molar-refractivity contribution in [3.63, 3.8) is 0 Å². The molecule has 3 aliphatic carbocycles. The molecule has 1 fully saturated rings. The summed E-state index contributed by atoms with van der Waals surface area (Å²) in [6.45, 7) is 4.83. The van der Waals surface area contributed by atoms with E-state index in [0.717, 1.165) is 28.4 Å². The summed E-state index contributed by atoms with van der Waals surface area (Å²) in [5, 5.41) is 0. The maximum Gasteiger partial charge on any atom is 0.0705 e. The average Bonchev–Trinajstić information content (AvgIpc) is 2.46. The van der Waals surface area contributed by atoms with Crippen molar-refractivity contribution in [3.8, 4) is 11.3 Å². The first kappa shape index (κ1) is 12.6. The first-order valence-corrected chi connectivity index (χ1v) is 8.11. The predicted octanol–water partition coefficient (Wildman–Crippen LogP) is 5.20. The van der Waals surface area contributed by atoms with Crippen LogP contribution in [0, 0.1) is 11.3 Å². The van der Waals surface area contributed by atoms with E-state index >= 15 is 0 Å². The molecule has 1 nitrogen and oxygen atoms in total. The minimum atomic E-state index is 0.480. The number of hydrogen-bond donors (Lipinski definition) is 0. The van der Waals surface area contributed by atoms with Gasteiger partial charge < -0.3 is 0 Å². The van der Waals surface area contributed by atoms with Crippen LogP contribution in [0.1, 0.15) is 37.4 Å². The fourth-order valence-electron chi connectivity index (χ4n) is 3.90. The Balaban J connectivity index is 1.75. The molecular weight excluding hydrogens is 310 g/mol. The van der Waals surface area contributed by atoms with Gasteiger partial charge in [-0.3, -0.25) is 4.98 Å².